The molecule has 0 aliphatic rings. The molecule has 0 fully saturated rings. The van der Waals surface area contributed by atoms with Gasteiger partial charge in [-0.2, -0.15) is 0 Å². The van der Waals surface area contributed by atoms with Gasteiger partial charge in [-0.3, -0.25) is 13.8 Å². The third kappa shape index (κ3) is 3.09. The molecule has 0 spiro atoms. The smallest absolute Gasteiger partial charge is 0.296 e. The maximum absolute atomic E-state index is 13.0. The van der Waals surface area contributed by atoms with E-state index in [1.165, 1.54) is 29.9 Å². The van der Waals surface area contributed by atoms with Gasteiger partial charge in [0.2, 0.25) is 0 Å². The van der Waals surface area contributed by atoms with Gasteiger partial charge in [-0.05, 0) is 36.8 Å². The fourth-order valence-corrected chi connectivity index (χ4v) is 4.27. The predicted molar refractivity (Wildman–Crippen MR) is 102 cm³/mol. The number of carboxylic acids is 1. The van der Waals surface area contributed by atoms with Gasteiger partial charge in [0, 0.05) is 14.1 Å². The third-order valence-electron chi connectivity index (χ3n) is 4.57. The van der Waals surface area contributed by atoms with E-state index in [2.05, 4.69) is 0 Å². The van der Waals surface area contributed by atoms with Gasteiger partial charge in [-0.1, -0.05) is 30.3 Å². The first-order chi connectivity index (χ1) is 13.2. The van der Waals surface area contributed by atoms with Crippen molar-refractivity contribution in [2.24, 2.45) is 7.05 Å². The molecular weight excluding hydrogens is 382 g/mol. The molecule has 28 heavy (non-hydrogen) atoms. The van der Waals surface area contributed by atoms with E-state index in [0.717, 1.165) is 10.4 Å². The summed E-state index contributed by atoms with van der Waals surface area (Å²) < 4.78 is 29.9. The molecule has 0 atom stereocenters. The first-order valence-corrected chi connectivity index (χ1v) is 9.74. The number of nitrogens with zero attached hydrogens (tertiary/aromatic N) is 3. The minimum atomic E-state index is -4.16. The minimum absolute atomic E-state index is 0.0230. The van der Waals surface area contributed by atoms with Gasteiger partial charge >= 0.3 is 0 Å². The largest absolute Gasteiger partial charge is 0.545 e. The van der Waals surface area contributed by atoms with Crippen molar-refractivity contribution in [2.75, 3.05) is 11.4 Å². The van der Waals surface area contributed by atoms with Crippen LogP contribution in [0.3, 0.4) is 0 Å². The second-order valence-electron chi connectivity index (χ2n) is 6.20. The highest BCUT2D eigenvalue weighted by molar-refractivity contribution is 7.92. The Hall–Kier alpha value is -3.33. The summed E-state index contributed by atoms with van der Waals surface area (Å²) in [5, 5.41) is 11.1. The lowest BCUT2D eigenvalue weighted by molar-refractivity contribution is -0.255. The molecule has 0 aliphatic carbocycles. The van der Waals surface area contributed by atoms with Crippen molar-refractivity contribution in [1.82, 2.24) is 9.36 Å². The van der Waals surface area contributed by atoms with Crippen molar-refractivity contribution in [2.45, 2.75) is 11.8 Å². The molecule has 9 heteroatoms. The van der Waals surface area contributed by atoms with E-state index in [0.29, 0.717) is 11.4 Å². The fourth-order valence-electron chi connectivity index (χ4n) is 2.98. The minimum Gasteiger partial charge on any atom is -0.545 e. The number of hydrogen-bond donors (Lipinski definition) is 0. The first-order valence-electron chi connectivity index (χ1n) is 8.30. The topological polar surface area (TPSA) is 104 Å². The van der Waals surface area contributed by atoms with Crippen molar-refractivity contribution in [3.63, 3.8) is 0 Å². The number of rotatable bonds is 5. The summed E-state index contributed by atoms with van der Waals surface area (Å²) in [6, 6.07) is 13.7. The van der Waals surface area contributed by atoms with E-state index in [-0.39, 0.29) is 16.1 Å². The van der Waals surface area contributed by atoms with Crippen LogP contribution in [0.4, 0.5) is 5.69 Å². The van der Waals surface area contributed by atoms with Crippen LogP contribution in [0.2, 0.25) is 0 Å². The lowest BCUT2D eigenvalue weighted by Crippen LogP contribution is -2.32. The highest BCUT2D eigenvalue weighted by Crippen LogP contribution is 2.24. The van der Waals surface area contributed by atoms with Gasteiger partial charge in [0.1, 0.15) is 5.69 Å². The van der Waals surface area contributed by atoms with Crippen LogP contribution >= 0.6 is 0 Å². The second-order valence-corrected chi connectivity index (χ2v) is 8.17. The Morgan fingerprint density at radius 2 is 1.71 bits per heavy atom. The second kappa shape index (κ2) is 7.01. The van der Waals surface area contributed by atoms with Crippen molar-refractivity contribution in [3.8, 4) is 5.69 Å². The van der Waals surface area contributed by atoms with Crippen LogP contribution in [0.15, 0.2) is 64.3 Å². The number of benzene rings is 2. The monoisotopic (exact) mass is 400 g/mol. The molecule has 2 aromatic carbocycles. The maximum atomic E-state index is 13.0. The normalized spacial score (nSPS) is 11.4. The summed E-state index contributed by atoms with van der Waals surface area (Å²) >= 11 is 0. The van der Waals surface area contributed by atoms with Crippen molar-refractivity contribution in [3.05, 3.63) is 76.2 Å². The number of carbonyl (C=O) groups is 1. The van der Waals surface area contributed by atoms with E-state index >= 15 is 0 Å². The van der Waals surface area contributed by atoms with Gasteiger partial charge in [-0.15, -0.1) is 0 Å². The number of sulfonamides is 1. The summed E-state index contributed by atoms with van der Waals surface area (Å²) in [6.07, 6.45) is 0. The Morgan fingerprint density at radius 1 is 1.07 bits per heavy atom. The first kappa shape index (κ1) is 19.4. The van der Waals surface area contributed by atoms with Crippen LogP contribution < -0.4 is 15.0 Å². The number of hydrogen-bond acceptors (Lipinski definition) is 5. The van der Waals surface area contributed by atoms with Gasteiger partial charge in [0.15, 0.2) is 0 Å². The lowest BCUT2D eigenvalue weighted by Gasteiger charge is -2.18. The summed E-state index contributed by atoms with van der Waals surface area (Å²) in [5.41, 5.74) is 0.240. The molecule has 0 saturated carbocycles. The van der Waals surface area contributed by atoms with Crippen LogP contribution in [0, 0.1) is 6.92 Å². The summed E-state index contributed by atoms with van der Waals surface area (Å²) in [5.74, 6) is -1.48. The van der Waals surface area contributed by atoms with E-state index < -0.39 is 21.6 Å². The van der Waals surface area contributed by atoms with E-state index in [1.807, 2.05) is 6.07 Å². The number of anilines is 1. The molecule has 1 aromatic heterocycles. The van der Waals surface area contributed by atoms with E-state index in [4.69, 9.17) is 0 Å². The molecule has 0 saturated heterocycles. The standard InChI is InChI=1S/C19H19N3O5S/c1-13-17(18(23)22(20(13)2)15-9-5-4-6-10-15)21(3)28(26,27)16-11-7-8-14(12-16)19(24)25/h4-12H,1-3H3,(H,24,25)/p-1. The van der Waals surface area contributed by atoms with E-state index in [1.54, 1.807) is 42.9 Å². The van der Waals surface area contributed by atoms with Crippen LogP contribution in [0.1, 0.15) is 16.1 Å². The molecule has 0 aliphatic heterocycles. The number of para-hydroxylation sites is 1. The van der Waals surface area contributed by atoms with Gasteiger partial charge < -0.3 is 9.90 Å². The maximum Gasteiger partial charge on any atom is 0.296 e. The van der Waals surface area contributed by atoms with Gasteiger partial charge in [0.05, 0.1) is 22.2 Å². The van der Waals surface area contributed by atoms with Crippen LogP contribution in [-0.2, 0) is 17.1 Å². The van der Waals surface area contributed by atoms with Crippen molar-refractivity contribution < 1.29 is 18.3 Å². The van der Waals surface area contributed by atoms with Crippen LogP contribution in [-0.4, -0.2) is 30.8 Å². The SMILES string of the molecule is Cc1c(N(C)S(=O)(=O)c2cccc(C(=O)[O-])c2)c(=O)n(-c2ccccc2)n1C. The Kier molecular flexibility index (Phi) is 4.86. The highest BCUT2D eigenvalue weighted by atomic mass is 32.2. The van der Waals surface area contributed by atoms with Gasteiger partial charge in [-0.25, -0.2) is 13.1 Å². The molecule has 3 aromatic rings. The van der Waals surface area contributed by atoms with Crippen LogP contribution in [0.25, 0.3) is 5.69 Å². The molecule has 3 rings (SSSR count). The molecule has 146 valence electrons. The average Bonchev–Trinajstić information content (AvgIpc) is 2.90. The lowest BCUT2D eigenvalue weighted by atomic mass is 10.2. The van der Waals surface area contributed by atoms with Gasteiger partial charge in [0.25, 0.3) is 15.6 Å². The Morgan fingerprint density at radius 3 is 2.32 bits per heavy atom. The Balaban J connectivity index is 2.16. The zero-order valence-electron chi connectivity index (χ0n) is 15.5. The molecule has 0 radical (unpaired) electrons. The van der Waals surface area contributed by atoms with Crippen molar-refractivity contribution in [1.29, 1.82) is 0 Å². The Bertz CT molecular complexity index is 1210. The number of carboxylic acid groups (broad SMARTS) is 1. The summed E-state index contributed by atoms with van der Waals surface area (Å²) in [7, 11) is -1.24. The molecule has 0 bridgehead atoms. The van der Waals surface area contributed by atoms with E-state index in [9.17, 15) is 23.1 Å². The molecule has 0 amide bonds. The summed E-state index contributed by atoms with van der Waals surface area (Å²) in [6.45, 7) is 1.64. The van der Waals surface area contributed by atoms with Crippen molar-refractivity contribution >= 4 is 21.7 Å². The number of aromatic carboxylic acids is 1. The number of carbonyl (C=O) groups excluding carboxylic acids is 1. The zero-order valence-corrected chi connectivity index (χ0v) is 16.3. The third-order valence-corrected chi connectivity index (χ3v) is 6.32. The molecule has 0 unspecified atom stereocenters. The fraction of sp³-hybridized carbons (Fsp3) is 0.158. The average molecular weight is 400 g/mol. The predicted octanol–water partition coefficient (Wildman–Crippen LogP) is 0.673. The van der Waals surface area contributed by atoms with Crippen LogP contribution in [0.5, 0.6) is 0 Å². The molecule has 0 N–H and O–H groups in total. The summed E-state index contributed by atoms with van der Waals surface area (Å²) in [4.78, 5) is 23.8. The molecule has 8 nitrogen and oxygen atoms in total. The number of aromatic nitrogens is 2. The Labute approximate surface area is 161 Å². The highest BCUT2D eigenvalue weighted by Gasteiger charge is 2.28. The molecule has 1 heterocycles. The zero-order chi connectivity index (χ0) is 20.6. The quantitative estimate of drug-likeness (QED) is 0.626. The molecular formula is C19H18N3O5S-.